The average molecular weight is 170 g/mol. The summed E-state index contributed by atoms with van der Waals surface area (Å²) in [5.41, 5.74) is 0. The molecule has 0 rings (SSSR count). The van der Waals surface area contributed by atoms with Gasteiger partial charge in [-0.15, -0.1) is 6.58 Å². The van der Waals surface area contributed by atoms with Gasteiger partial charge < -0.3 is 0 Å². The van der Waals surface area contributed by atoms with E-state index in [4.69, 9.17) is 0 Å². The van der Waals surface area contributed by atoms with E-state index in [-0.39, 0.29) is 0 Å². The molecule has 0 aliphatic carbocycles. The molecule has 0 heterocycles. The van der Waals surface area contributed by atoms with Crippen LogP contribution in [0.25, 0.3) is 0 Å². The zero-order valence-corrected chi connectivity index (χ0v) is 9.54. The number of hydrogen-bond donors (Lipinski definition) is 0. The standard InChI is InChI=1S/C10H22Si/c1-6-8-11(5,9-7-2)10(3)4/h3,6-9H2,1-2,4-5H3. The molecule has 0 aliphatic heterocycles. The number of rotatable bonds is 5. The fraction of sp³-hybridized carbons (Fsp3) is 0.800. The minimum Gasteiger partial charge on any atom is -0.104 e. The van der Waals surface area contributed by atoms with Gasteiger partial charge in [-0.2, -0.15) is 0 Å². The highest BCUT2D eigenvalue weighted by Crippen LogP contribution is 2.25. The summed E-state index contributed by atoms with van der Waals surface area (Å²) in [7, 11) is -1.02. The third-order valence-corrected chi connectivity index (χ3v) is 7.90. The predicted octanol–water partition coefficient (Wildman–Crippen LogP) is 4.00. The van der Waals surface area contributed by atoms with Crippen molar-refractivity contribution in [1.29, 1.82) is 0 Å². The minimum atomic E-state index is -1.02. The van der Waals surface area contributed by atoms with Crippen molar-refractivity contribution in [3.8, 4) is 0 Å². The van der Waals surface area contributed by atoms with Gasteiger partial charge in [-0.3, -0.25) is 0 Å². The van der Waals surface area contributed by atoms with Crippen LogP contribution in [0.5, 0.6) is 0 Å². The van der Waals surface area contributed by atoms with E-state index >= 15 is 0 Å². The molecule has 0 saturated heterocycles. The molecule has 0 aromatic heterocycles. The van der Waals surface area contributed by atoms with Crippen LogP contribution in [0.15, 0.2) is 11.8 Å². The van der Waals surface area contributed by atoms with Gasteiger partial charge in [0.25, 0.3) is 0 Å². The molecule has 0 unspecified atom stereocenters. The summed E-state index contributed by atoms with van der Waals surface area (Å²) in [4.78, 5) is 0. The Bertz CT molecular complexity index is 121. The molecular formula is C10H22Si. The van der Waals surface area contributed by atoms with Crippen LogP contribution in [0.3, 0.4) is 0 Å². The van der Waals surface area contributed by atoms with Gasteiger partial charge in [0.05, 0.1) is 8.07 Å². The van der Waals surface area contributed by atoms with Gasteiger partial charge >= 0.3 is 0 Å². The molecule has 0 nitrogen and oxygen atoms in total. The Hall–Kier alpha value is -0.0431. The third-order valence-electron chi connectivity index (χ3n) is 2.63. The van der Waals surface area contributed by atoms with Crippen LogP contribution in [0.2, 0.25) is 18.6 Å². The zero-order valence-electron chi connectivity index (χ0n) is 8.54. The molecule has 66 valence electrons. The lowest BCUT2D eigenvalue weighted by atomic mass is 10.6. The average Bonchev–Trinajstić information content (AvgIpc) is 1.88. The molecule has 0 saturated carbocycles. The van der Waals surface area contributed by atoms with Gasteiger partial charge in [0.1, 0.15) is 0 Å². The summed E-state index contributed by atoms with van der Waals surface area (Å²) in [5, 5.41) is 1.49. The highest BCUT2D eigenvalue weighted by Gasteiger charge is 2.25. The van der Waals surface area contributed by atoms with E-state index in [2.05, 4.69) is 33.9 Å². The van der Waals surface area contributed by atoms with E-state index in [1.165, 1.54) is 30.1 Å². The van der Waals surface area contributed by atoms with Gasteiger partial charge in [0, 0.05) is 0 Å². The van der Waals surface area contributed by atoms with Crippen molar-refractivity contribution in [3.05, 3.63) is 11.8 Å². The molecule has 0 radical (unpaired) electrons. The summed E-state index contributed by atoms with van der Waals surface area (Å²) in [6, 6.07) is 2.85. The van der Waals surface area contributed by atoms with Crippen LogP contribution in [0.4, 0.5) is 0 Å². The molecule has 0 bridgehead atoms. The number of allylic oxidation sites excluding steroid dienone is 1. The van der Waals surface area contributed by atoms with E-state index in [9.17, 15) is 0 Å². The monoisotopic (exact) mass is 170 g/mol. The topological polar surface area (TPSA) is 0 Å². The van der Waals surface area contributed by atoms with E-state index in [1.54, 1.807) is 0 Å². The molecule has 0 aromatic carbocycles. The first-order chi connectivity index (χ1) is 5.06. The normalized spacial score (nSPS) is 11.6. The van der Waals surface area contributed by atoms with Crippen molar-refractivity contribution >= 4 is 8.07 Å². The lowest BCUT2D eigenvalue weighted by Crippen LogP contribution is -2.30. The second-order valence-corrected chi connectivity index (χ2v) is 8.82. The second-order valence-electron chi connectivity index (χ2n) is 3.84. The Morgan fingerprint density at radius 1 is 1.18 bits per heavy atom. The van der Waals surface area contributed by atoms with Crippen molar-refractivity contribution in [2.75, 3.05) is 0 Å². The Labute approximate surface area is 72.7 Å². The first-order valence-corrected chi connectivity index (χ1v) is 7.64. The summed E-state index contributed by atoms with van der Waals surface area (Å²) >= 11 is 0. The molecule has 0 fully saturated rings. The Kier molecular flexibility index (Phi) is 4.74. The quantitative estimate of drug-likeness (QED) is 0.547. The molecule has 0 atom stereocenters. The molecule has 0 aliphatic rings. The first-order valence-electron chi connectivity index (χ1n) is 4.72. The second kappa shape index (κ2) is 4.76. The van der Waals surface area contributed by atoms with Crippen molar-refractivity contribution in [2.24, 2.45) is 0 Å². The van der Waals surface area contributed by atoms with Gasteiger partial charge in [-0.25, -0.2) is 0 Å². The lowest BCUT2D eigenvalue weighted by molar-refractivity contribution is 0.982. The molecular weight excluding hydrogens is 148 g/mol. The fourth-order valence-corrected chi connectivity index (χ4v) is 4.97. The zero-order chi connectivity index (χ0) is 8.91. The Balaban J connectivity index is 4.13. The van der Waals surface area contributed by atoms with Crippen LogP contribution < -0.4 is 0 Å². The highest BCUT2D eigenvalue weighted by molar-refractivity contribution is 6.85. The van der Waals surface area contributed by atoms with Crippen LogP contribution in [0, 0.1) is 0 Å². The molecule has 0 N–H and O–H groups in total. The Morgan fingerprint density at radius 2 is 1.55 bits per heavy atom. The summed E-state index contributed by atoms with van der Waals surface area (Å²) in [6.07, 6.45) is 2.66. The molecule has 11 heavy (non-hydrogen) atoms. The summed E-state index contributed by atoms with van der Waals surface area (Å²) < 4.78 is 0. The van der Waals surface area contributed by atoms with Gasteiger partial charge in [0.15, 0.2) is 0 Å². The Morgan fingerprint density at radius 3 is 1.73 bits per heavy atom. The predicted molar refractivity (Wildman–Crippen MR) is 56.6 cm³/mol. The SMILES string of the molecule is C=C(C)[Si](C)(CCC)CCC. The van der Waals surface area contributed by atoms with Crippen LogP contribution in [0.1, 0.15) is 33.6 Å². The molecule has 1 heteroatoms. The van der Waals surface area contributed by atoms with Crippen molar-refractivity contribution < 1.29 is 0 Å². The minimum absolute atomic E-state index is 1.02. The van der Waals surface area contributed by atoms with E-state index in [0.29, 0.717) is 0 Å². The van der Waals surface area contributed by atoms with Crippen LogP contribution >= 0.6 is 0 Å². The van der Waals surface area contributed by atoms with Gasteiger partial charge in [-0.05, 0) is 6.92 Å². The van der Waals surface area contributed by atoms with Crippen molar-refractivity contribution in [3.63, 3.8) is 0 Å². The first kappa shape index (κ1) is 11.0. The van der Waals surface area contributed by atoms with Crippen LogP contribution in [-0.2, 0) is 0 Å². The van der Waals surface area contributed by atoms with Gasteiger partial charge in [0.2, 0.25) is 0 Å². The maximum absolute atomic E-state index is 4.13. The van der Waals surface area contributed by atoms with Crippen molar-refractivity contribution in [1.82, 2.24) is 0 Å². The molecule has 0 aromatic rings. The summed E-state index contributed by atoms with van der Waals surface area (Å²) in [5.74, 6) is 0. The maximum atomic E-state index is 4.13. The van der Waals surface area contributed by atoms with E-state index < -0.39 is 8.07 Å². The molecule has 0 amide bonds. The lowest BCUT2D eigenvalue weighted by Gasteiger charge is -2.26. The summed E-state index contributed by atoms with van der Waals surface area (Å²) in [6.45, 7) is 13.4. The maximum Gasteiger partial charge on any atom is 0.0773 e. The highest BCUT2D eigenvalue weighted by atomic mass is 28.3. The number of hydrogen-bond acceptors (Lipinski definition) is 0. The van der Waals surface area contributed by atoms with Gasteiger partial charge in [-0.1, -0.05) is 50.5 Å². The smallest absolute Gasteiger partial charge is 0.0773 e. The van der Waals surface area contributed by atoms with Crippen molar-refractivity contribution in [2.45, 2.75) is 52.2 Å². The molecule has 0 spiro atoms. The third kappa shape index (κ3) is 3.24. The van der Waals surface area contributed by atoms with E-state index in [0.717, 1.165) is 0 Å². The largest absolute Gasteiger partial charge is 0.104 e. The van der Waals surface area contributed by atoms with E-state index in [1.807, 2.05) is 0 Å². The fourth-order valence-electron chi connectivity index (χ4n) is 1.66. The van der Waals surface area contributed by atoms with Crippen LogP contribution in [-0.4, -0.2) is 8.07 Å².